The van der Waals surface area contributed by atoms with E-state index >= 15 is 0 Å². The van der Waals surface area contributed by atoms with Crippen molar-refractivity contribution in [3.63, 3.8) is 0 Å². The molecule has 0 aliphatic rings. The van der Waals surface area contributed by atoms with Gasteiger partial charge in [-0.25, -0.2) is 0 Å². The molecule has 0 saturated carbocycles. The summed E-state index contributed by atoms with van der Waals surface area (Å²) in [5.41, 5.74) is 1.37. The van der Waals surface area contributed by atoms with Gasteiger partial charge in [0.2, 0.25) is 5.91 Å². The maximum Gasteiger partial charge on any atom is 0.322 e. The van der Waals surface area contributed by atoms with Gasteiger partial charge in [0.05, 0.1) is 11.3 Å². The van der Waals surface area contributed by atoms with Crippen LogP contribution in [0.3, 0.4) is 0 Å². The zero-order chi connectivity index (χ0) is 15.9. The number of hydrogen-bond acceptors (Lipinski definition) is 4. The van der Waals surface area contributed by atoms with Crippen molar-refractivity contribution in [2.75, 3.05) is 11.9 Å². The van der Waals surface area contributed by atoms with Crippen molar-refractivity contribution in [2.45, 2.75) is 6.42 Å². The third-order valence-corrected chi connectivity index (χ3v) is 3.63. The molecule has 0 bridgehead atoms. The number of amides is 2. The minimum Gasteiger partial charge on any atom is -0.480 e. The molecule has 0 aliphatic heterocycles. The van der Waals surface area contributed by atoms with E-state index in [1.165, 1.54) is 11.3 Å². The monoisotopic (exact) mass is 318 g/mol. The zero-order valence-corrected chi connectivity index (χ0v) is 12.4. The molecule has 6 nitrogen and oxygen atoms in total. The number of thiophene rings is 1. The van der Waals surface area contributed by atoms with Gasteiger partial charge in [-0.1, -0.05) is 18.2 Å². The number of carboxylic acids is 1. The number of anilines is 1. The number of carbonyl (C=O) groups is 3. The third kappa shape index (κ3) is 4.71. The van der Waals surface area contributed by atoms with Crippen molar-refractivity contribution in [3.8, 4) is 0 Å². The van der Waals surface area contributed by atoms with Gasteiger partial charge in [-0.2, -0.15) is 0 Å². The molecule has 2 aromatic rings. The molecule has 0 unspecified atom stereocenters. The first-order valence-electron chi connectivity index (χ1n) is 6.47. The van der Waals surface area contributed by atoms with Crippen LogP contribution in [0.25, 0.3) is 0 Å². The fraction of sp³-hybridized carbons (Fsp3) is 0.133. The maximum atomic E-state index is 11.9. The Morgan fingerprint density at radius 2 is 1.82 bits per heavy atom. The van der Waals surface area contributed by atoms with E-state index in [-0.39, 0.29) is 18.2 Å². The molecule has 1 aromatic heterocycles. The van der Waals surface area contributed by atoms with Gasteiger partial charge in [-0.15, -0.1) is 11.3 Å². The minimum absolute atomic E-state index is 0.0897. The lowest BCUT2D eigenvalue weighted by Gasteiger charge is -2.06. The first kappa shape index (κ1) is 15.7. The molecular formula is C15H14N2O4S. The first-order chi connectivity index (χ1) is 10.5. The van der Waals surface area contributed by atoms with Crippen molar-refractivity contribution in [1.82, 2.24) is 5.32 Å². The number of aliphatic carboxylic acids is 1. The Labute approximate surface area is 130 Å². The standard InChI is InChI=1S/C15H14N2O4S/c18-13(16-9-14(19)20)8-10-3-5-11(6-4-10)17-15(21)12-2-1-7-22-12/h1-7H,8-9H2,(H,16,18)(H,17,21)(H,19,20). The van der Waals surface area contributed by atoms with Crippen LogP contribution in [0, 0.1) is 0 Å². The number of hydrogen-bond donors (Lipinski definition) is 3. The van der Waals surface area contributed by atoms with Crippen LogP contribution in [-0.4, -0.2) is 29.4 Å². The molecule has 0 aliphatic carbocycles. The highest BCUT2D eigenvalue weighted by Crippen LogP contribution is 2.14. The summed E-state index contributed by atoms with van der Waals surface area (Å²) in [6.45, 7) is -0.395. The predicted molar refractivity (Wildman–Crippen MR) is 83.1 cm³/mol. The van der Waals surface area contributed by atoms with E-state index in [4.69, 9.17) is 5.11 Å². The summed E-state index contributed by atoms with van der Waals surface area (Å²) in [7, 11) is 0. The number of carboxylic acid groups (broad SMARTS) is 1. The average molecular weight is 318 g/mol. The lowest BCUT2D eigenvalue weighted by molar-refractivity contribution is -0.137. The molecule has 1 aromatic carbocycles. The van der Waals surface area contributed by atoms with E-state index in [1.807, 2.05) is 5.38 Å². The van der Waals surface area contributed by atoms with Gasteiger partial charge in [0.1, 0.15) is 6.54 Å². The van der Waals surface area contributed by atoms with Crippen molar-refractivity contribution >= 4 is 34.8 Å². The fourth-order valence-corrected chi connectivity index (χ4v) is 2.35. The zero-order valence-electron chi connectivity index (χ0n) is 11.5. The molecule has 7 heteroatoms. The van der Waals surface area contributed by atoms with E-state index in [0.29, 0.717) is 10.6 Å². The van der Waals surface area contributed by atoms with Crippen LogP contribution in [0.4, 0.5) is 5.69 Å². The van der Waals surface area contributed by atoms with E-state index in [1.54, 1.807) is 36.4 Å². The molecule has 0 spiro atoms. The van der Waals surface area contributed by atoms with Crippen molar-refractivity contribution in [1.29, 1.82) is 0 Å². The lowest BCUT2D eigenvalue weighted by atomic mass is 10.1. The Kier molecular flexibility index (Phi) is 5.26. The molecular weight excluding hydrogens is 304 g/mol. The van der Waals surface area contributed by atoms with Crippen molar-refractivity contribution in [2.24, 2.45) is 0 Å². The summed E-state index contributed by atoms with van der Waals surface area (Å²) >= 11 is 1.36. The van der Waals surface area contributed by atoms with Crippen LogP contribution >= 0.6 is 11.3 Å². The van der Waals surface area contributed by atoms with E-state index in [9.17, 15) is 14.4 Å². The smallest absolute Gasteiger partial charge is 0.322 e. The number of nitrogens with one attached hydrogen (secondary N) is 2. The van der Waals surface area contributed by atoms with Crippen LogP contribution < -0.4 is 10.6 Å². The molecule has 3 N–H and O–H groups in total. The van der Waals surface area contributed by atoms with Crippen LogP contribution in [-0.2, 0) is 16.0 Å². The molecule has 2 rings (SSSR count). The van der Waals surface area contributed by atoms with Gasteiger partial charge in [0.25, 0.3) is 5.91 Å². The summed E-state index contributed by atoms with van der Waals surface area (Å²) in [4.78, 5) is 34.3. The van der Waals surface area contributed by atoms with Gasteiger partial charge in [-0.3, -0.25) is 14.4 Å². The van der Waals surface area contributed by atoms with Gasteiger partial charge < -0.3 is 15.7 Å². The lowest BCUT2D eigenvalue weighted by Crippen LogP contribution is -2.30. The first-order valence-corrected chi connectivity index (χ1v) is 7.35. The maximum absolute atomic E-state index is 11.9. The highest BCUT2D eigenvalue weighted by atomic mass is 32.1. The van der Waals surface area contributed by atoms with Gasteiger partial charge in [-0.05, 0) is 29.1 Å². The summed E-state index contributed by atoms with van der Waals surface area (Å²) < 4.78 is 0. The van der Waals surface area contributed by atoms with Crippen LogP contribution in [0.2, 0.25) is 0 Å². The highest BCUT2D eigenvalue weighted by Gasteiger charge is 2.08. The summed E-state index contributed by atoms with van der Waals surface area (Å²) in [5, 5.41) is 15.3. The summed E-state index contributed by atoms with van der Waals surface area (Å²) in [6, 6.07) is 10.4. The largest absolute Gasteiger partial charge is 0.480 e. The Balaban J connectivity index is 1.89. The highest BCUT2D eigenvalue weighted by molar-refractivity contribution is 7.12. The Bertz CT molecular complexity index is 665. The topological polar surface area (TPSA) is 95.5 Å². The average Bonchev–Trinajstić information content (AvgIpc) is 3.01. The molecule has 0 atom stereocenters. The predicted octanol–water partition coefficient (Wildman–Crippen LogP) is 1.74. The van der Waals surface area contributed by atoms with Gasteiger partial charge in [0, 0.05) is 5.69 Å². The fourth-order valence-electron chi connectivity index (χ4n) is 1.73. The van der Waals surface area contributed by atoms with E-state index < -0.39 is 12.5 Å². The van der Waals surface area contributed by atoms with Crippen molar-refractivity contribution < 1.29 is 19.5 Å². The van der Waals surface area contributed by atoms with Crippen LogP contribution in [0.1, 0.15) is 15.2 Å². The van der Waals surface area contributed by atoms with Crippen LogP contribution in [0.15, 0.2) is 41.8 Å². The number of benzene rings is 1. The van der Waals surface area contributed by atoms with E-state index in [0.717, 1.165) is 5.56 Å². The molecule has 0 radical (unpaired) electrons. The summed E-state index contributed by atoms with van der Waals surface area (Å²) in [6.07, 6.45) is 0.0897. The molecule has 0 fully saturated rings. The van der Waals surface area contributed by atoms with Crippen LogP contribution in [0.5, 0.6) is 0 Å². The molecule has 2 amide bonds. The minimum atomic E-state index is -1.08. The summed E-state index contributed by atoms with van der Waals surface area (Å²) in [5.74, 6) is -1.63. The Morgan fingerprint density at radius 3 is 2.41 bits per heavy atom. The normalized spacial score (nSPS) is 10.0. The SMILES string of the molecule is O=C(O)CNC(=O)Cc1ccc(NC(=O)c2cccs2)cc1. The second-order valence-electron chi connectivity index (χ2n) is 4.48. The van der Waals surface area contributed by atoms with E-state index in [2.05, 4.69) is 10.6 Å². The molecule has 0 saturated heterocycles. The second kappa shape index (κ2) is 7.37. The molecule has 1 heterocycles. The third-order valence-electron chi connectivity index (χ3n) is 2.76. The quantitative estimate of drug-likeness (QED) is 0.756. The number of rotatable bonds is 6. The Hall–Kier alpha value is -2.67. The number of carbonyl (C=O) groups excluding carboxylic acids is 2. The second-order valence-corrected chi connectivity index (χ2v) is 5.42. The molecule has 22 heavy (non-hydrogen) atoms. The van der Waals surface area contributed by atoms with Gasteiger partial charge in [0.15, 0.2) is 0 Å². The Morgan fingerprint density at radius 1 is 1.09 bits per heavy atom. The van der Waals surface area contributed by atoms with Gasteiger partial charge >= 0.3 is 5.97 Å². The van der Waals surface area contributed by atoms with Crippen molar-refractivity contribution in [3.05, 3.63) is 52.2 Å². The molecule has 114 valence electrons.